The third kappa shape index (κ3) is 5.01. The minimum Gasteiger partial charge on any atom is -0.493 e. The molecular weight excluding hydrogens is 502 g/mol. The average Bonchev–Trinajstić information content (AvgIpc) is 3.43. The minimum absolute atomic E-state index is 0. The summed E-state index contributed by atoms with van der Waals surface area (Å²) in [5.74, 6) is 4.72. The standard InChI is InChI=1S/C30H29N3O4.ClH/c1-6-25(19-10-8-7-9-11-19)37-32-30-22-18-27(35-5)26(34-4)17-21(22)29-28(30)23-16-20(12-13-24(23)31-29)36-15-14-33(2)3;/h1,7-13,16-18,25,31H,14-15H2,2-5H3;1H/b32-30-;/t25-;/m1./s1. The Morgan fingerprint density at radius 3 is 2.34 bits per heavy atom. The van der Waals surface area contributed by atoms with Crippen molar-refractivity contribution >= 4 is 29.0 Å². The maximum absolute atomic E-state index is 6.02. The van der Waals surface area contributed by atoms with Gasteiger partial charge in [-0.15, -0.1) is 18.8 Å². The summed E-state index contributed by atoms with van der Waals surface area (Å²) in [7, 11) is 7.28. The topological polar surface area (TPSA) is 68.3 Å². The van der Waals surface area contributed by atoms with Crippen LogP contribution < -0.4 is 14.2 Å². The Morgan fingerprint density at radius 1 is 0.974 bits per heavy atom. The number of ether oxygens (including phenoxy) is 3. The normalized spacial score (nSPS) is 13.4. The zero-order chi connectivity index (χ0) is 25.9. The molecule has 5 rings (SSSR count). The van der Waals surface area contributed by atoms with E-state index in [9.17, 15) is 0 Å². The number of H-pyrrole nitrogens is 1. The number of nitrogens with zero attached hydrogens (tertiary/aromatic N) is 2. The highest BCUT2D eigenvalue weighted by Gasteiger charge is 2.32. The lowest BCUT2D eigenvalue weighted by Gasteiger charge is -2.13. The first-order valence-electron chi connectivity index (χ1n) is 12.0. The first-order valence-corrected chi connectivity index (χ1v) is 12.0. The number of likely N-dealkylation sites (N-methyl/N-ethyl adjacent to an activating group) is 1. The highest BCUT2D eigenvalue weighted by molar-refractivity contribution is 6.30. The third-order valence-corrected chi connectivity index (χ3v) is 6.37. The molecule has 1 aliphatic carbocycles. The van der Waals surface area contributed by atoms with Gasteiger partial charge < -0.3 is 28.9 Å². The summed E-state index contributed by atoms with van der Waals surface area (Å²) in [4.78, 5) is 11.6. The van der Waals surface area contributed by atoms with Crippen molar-refractivity contribution in [3.05, 3.63) is 77.4 Å². The Hall–Kier alpha value is -4.12. The Bertz CT molecular complexity index is 1510. The number of hydrogen-bond acceptors (Lipinski definition) is 6. The molecule has 196 valence electrons. The van der Waals surface area contributed by atoms with E-state index in [1.54, 1.807) is 14.2 Å². The van der Waals surface area contributed by atoms with Crippen molar-refractivity contribution in [2.45, 2.75) is 6.10 Å². The monoisotopic (exact) mass is 531 g/mol. The first-order chi connectivity index (χ1) is 18.0. The number of fused-ring (bicyclic) bond motifs is 5. The second-order valence-corrected chi connectivity index (χ2v) is 8.99. The molecule has 3 aromatic carbocycles. The molecular formula is C30H30ClN3O4. The van der Waals surface area contributed by atoms with Gasteiger partial charge in [-0.25, -0.2) is 0 Å². The van der Waals surface area contributed by atoms with E-state index in [1.165, 1.54) is 0 Å². The van der Waals surface area contributed by atoms with Crippen LogP contribution in [-0.4, -0.2) is 57.1 Å². The Labute approximate surface area is 228 Å². The number of terminal acetylenes is 1. The van der Waals surface area contributed by atoms with Gasteiger partial charge in [0, 0.05) is 39.7 Å². The van der Waals surface area contributed by atoms with Gasteiger partial charge in [0.05, 0.1) is 19.9 Å². The number of methoxy groups -OCH3 is 2. The molecule has 0 spiro atoms. The van der Waals surface area contributed by atoms with Crippen molar-refractivity contribution in [2.24, 2.45) is 5.16 Å². The van der Waals surface area contributed by atoms with Gasteiger partial charge in [0.15, 0.2) is 11.5 Å². The van der Waals surface area contributed by atoms with E-state index in [0.717, 1.165) is 51.1 Å². The molecule has 0 fully saturated rings. The summed E-state index contributed by atoms with van der Waals surface area (Å²) in [6, 6.07) is 19.5. The molecule has 0 saturated heterocycles. The summed E-state index contributed by atoms with van der Waals surface area (Å²) < 4.78 is 17.2. The molecule has 0 bridgehead atoms. The molecule has 1 heterocycles. The molecule has 4 aromatic rings. The predicted molar refractivity (Wildman–Crippen MR) is 153 cm³/mol. The fourth-order valence-electron chi connectivity index (χ4n) is 4.49. The first kappa shape index (κ1) is 26.9. The highest BCUT2D eigenvalue weighted by Crippen LogP contribution is 2.46. The molecule has 0 unspecified atom stereocenters. The van der Waals surface area contributed by atoms with Crippen LogP contribution in [0.25, 0.3) is 22.2 Å². The summed E-state index contributed by atoms with van der Waals surface area (Å²) in [5.41, 5.74) is 6.14. The largest absolute Gasteiger partial charge is 0.493 e. The zero-order valence-corrected chi connectivity index (χ0v) is 22.6. The maximum Gasteiger partial charge on any atom is 0.212 e. The summed E-state index contributed by atoms with van der Waals surface area (Å²) >= 11 is 0. The van der Waals surface area contributed by atoms with Crippen molar-refractivity contribution in [3.8, 4) is 40.8 Å². The number of nitrogens with one attached hydrogen (secondary N) is 1. The Kier molecular flexibility index (Phi) is 8.16. The molecule has 1 aromatic heterocycles. The van der Waals surface area contributed by atoms with Gasteiger partial charge in [0.1, 0.15) is 18.1 Å². The van der Waals surface area contributed by atoms with Gasteiger partial charge in [-0.05, 0) is 44.4 Å². The van der Waals surface area contributed by atoms with Gasteiger partial charge in [-0.1, -0.05) is 41.4 Å². The van der Waals surface area contributed by atoms with Crippen molar-refractivity contribution in [3.63, 3.8) is 0 Å². The molecule has 8 heteroatoms. The van der Waals surface area contributed by atoms with Gasteiger partial charge >= 0.3 is 0 Å². The van der Waals surface area contributed by atoms with Crippen LogP contribution in [0.15, 0.2) is 65.8 Å². The second-order valence-electron chi connectivity index (χ2n) is 8.99. The van der Waals surface area contributed by atoms with Crippen LogP contribution in [-0.2, 0) is 4.84 Å². The lowest BCUT2D eigenvalue weighted by atomic mass is 10.1. The lowest BCUT2D eigenvalue weighted by molar-refractivity contribution is 0.100. The molecule has 38 heavy (non-hydrogen) atoms. The van der Waals surface area contributed by atoms with E-state index >= 15 is 0 Å². The van der Waals surface area contributed by atoms with Crippen molar-refractivity contribution in [2.75, 3.05) is 41.5 Å². The molecule has 0 aliphatic heterocycles. The van der Waals surface area contributed by atoms with Gasteiger partial charge in [0.25, 0.3) is 0 Å². The molecule has 7 nitrogen and oxygen atoms in total. The smallest absolute Gasteiger partial charge is 0.212 e. The number of rotatable bonds is 9. The molecule has 0 amide bonds. The SMILES string of the molecule is C#C[C@@H](O/N=C1/c2cc(OC)c(OC)cc2-c2[nH]c3ccc(OCCN(C)C)cc3c21)c1ccccc1.Cl. The number of halogens is 1. The summed E-state index contributed by atoms with van der Waals surface area (Å²) in [6.07, 6.45) is 5.19. The molecule has 0 saturated carbocycles. The number of benzene rings is 3. The molecule has 0 radical (unpaired) electrons. The number of aromatic amines is 1. The quantitative estimate of drug-likeness (QED) is 0.196. The van der Waals surface area contributed by atoms with E-state index < -0.39 is 6.10 Å². The predicted octanol–water partition coefficient (Wildman–Crippen LogP) is 5.67. The lowest BCUT2D eigenvalue weighted by Crippen LogP contribution is -2.19. The van der Waals surface area contributed by atoms with Crippen molar-refractivity contribution in [1.29, 1.82) is 0 Å². The van der Waals surface area contributed by atoms with Crippen LogP contribution in [0.5, 0.6) is 17.2 Å². The van der Waals surface area contributed by atoms with Crippen molar-refractivity contribution < 1.29 is 19.0 Å². The molecule has 1 aliphatic rings. The maximum atomic E-state index is 6.02. The van der Waals surface area contributed by atoms with E-state index in [4.69, 9.17) is 25.5 Å². The van der Waals surface area contributed by atoms with Crippen LogP contribution in [0.3, 0.4) is 0 Å². The van der Waals surface area contributed by atoms with Gasteiger partial charge in [0.2, 0.25) is 6.10 Å². The zero-order valence-electron chi connectivity index (χ0n) is 21.8. The Balaban J connectivity index is 0.00000336. The van der Waals surface area contributed by atoms with E-state index in [2.05, 4.69) is 21.0 Å². The van der Waals surface area contributed by atoms with E-state index in [1.807, 2.05) is 74.8 Å². The summed E-state index contributed by atoms with van der Waals surface area (Å²) in [5, 5.41) is 5.61. The second kappa shape index (κ2) is 11.5. The average molecular weight is 532 g/mol. The van der Waals surface area contributed by atoms with Crippen LogP contribution in [0.2, 0.25) is 0 Å². The highest BCUT2D eigenvalue weighted by atomic mass is 35.5. The van der Waals surface area contributed by atoms with Crippen LogP contribution in [0, 0.1) is 12.3 Å². The Morgan fingerprint density at radius 2 is 1.68 bits per heavy atom. The van der Waals surface area contributed by atoms with Gasteiger partial charge in [-0.2, -0.15) is 0 Å². The fraction of sp³-hybridized carbons (Fsp3) is 0.233. The van der Waals surface area contributed by atoms with Gasteiger partial charge in [-0.3, -0.25) is 0 Å². The van der Waals surface area contributed by atoms with E-state index in [0.29, 0.717) is 23.8 Å². The van der Waals surface area contributed by atoms with E-state index in [-0.39, 0.29) is 12.4 Å². The number of aromatic nitrogens is 1. The minimum atomic E-state index is -0.628. The summed E-state index contributed by atoms with van der Waals surface area (Å²) in [6.45, 7) is 1.41. The number of oxime groups is 1. The van der Waals surface area contributed by atoms with Crippen LogP contribution >= 0.6 is 12.4 Å². The number of hydrogen-bond donors (Lipinski definition) is 1. The van der Waals surface area contributed by atoms with Crippen LogP contribution in [0.4, 0.5) is 0 Å². The molecule has 1 N–H and O–H groups in total. The third-order valence-electron chi connectivity index (χ3n) is 6.37. The molecule has 1 atom stereocenters. The van der Waals surface area contributed by atoms with Crippen molar-refractivity contribution in [1.82, 2.24) is 9.88 Å². The van der Waals surface area contributed by atoms with Crippen LogP contribution in [0.1, 0.15) is 22.8 Å². The fourth-order valence-corrected chi connectivity index (χ4v) is 4.49.